The van der Waals surface area contributed by atoms with Crippen molar-refractivity contribution < 1.29 is 4.74 Å². The van der Waals surface area contributed by atoms with Gasteiger partial charge in [-0.2, -0.15) is 4.99 Å². The highest BCUT2D eigenvalue weighted by molar-refractivity contribution is 5.93. The molecule has 0 spiro atoms. The summed E-state index contributed by atoms with van der Waals surface area (Å²) in [5, 5.41) is 0. The monoisotopic (exact) mass is 263 g/mol. The van der Waals surface area contributed by atoms with Gasteiger partial charge in [-0.3, -0.25) is 0 Å². The van der Waals surface area contributed by atoms with E-state index in [4.69, 9.17) is 21.9 Å². The molecule has 104 valence electrons. The Bertz CT molecular complexity index is 510. The van der Waals surface area contributed by atoms with Gasteiger partial charge in [-0.05, 0) is 23.1 Å². The number of methoxy groups -OCH3 is 1. The van der Waals surface area contributed by atoms with Gasteiger partial charge < -0.3 is 21.9 Å². The number of hydrogen-bond acceptors (Lipinski definition) is 2. The normalized spacial score (nSPS) is 12.1. The summed E-state index contributed by atoms with van der Waals surface area (Å²) in [5.41, 5.74) is 17.9. The average molecular weight is 263 g/mol. The number of ether oxygens (including phenoxy) is 1. The number of guanidine groups is 2. The third-order valence-electron chi connectivity index (χ3n) is 2.52. The fraction of sp³-hybridized carbons (Fsp3) is 0.385. The van der Waals surface area contributed by atoms with E-state index >= 15 is 0 Å². The van der Waals surface area contributed by atoms with E-state index in [0.717, 1.165) is 5.56 Å². The number of nitrogens with zero attached hydrogens (tertiary/aromatic N) is 2. The third kappa shape index (κ3) is 4.17. The van der Waals surface area contributed by atoms with Gasteiger partial charge in [-0.15, -0.1) is 0 Å². The lowest BCUT2D eigenvalue weighted by Gasteiger charge is -2.20. The van der Waals surface area contributed by atoms with Gasteiger partial charge in [-0.1, -0.05) is 26.8 Å². The van der Waals surface area contributed by atoms with Crippen molar-refractivity contribution in [1.82, 2.24) is 0 Å². The highest BCUT2D eigenvalue weighted by Gasteiger charge is 2.15. The minimum atomic E-state index is -0.132. The Labute approximate surface area is 113 Å². The first-order valence-electron chi connectivity index (χ1n) is 5.86. The summed E-state index contributed by atoms with van der Waals surface area (Å²) in [7, 11) is 1.57. The third-order valence-corrected chi connectivity index (χ3v) is 2.52. The molecular weight excluding hydrogens is 242 g/mol. The van der Waals surface area contributed by atoms with Crippen LogP contribution < -0.4 is 21.9 Å². The van der Waals surface area contributed by atoms with Crippen LogP contribution in [0.3, 0.4) is 0 Å². The van der Waals surface area contributed by atoms with Crippen molar-refractivity contribution in [3.8, 4) is 5.75 Å². The van der Waals surface area contributed by atoms with E-state index < -0.39 is 0 Å². The van der Waals surface area contributed by atoms with Crippen LogP contribution in [0, 0.1) is 0 Å². The lowest BCUT2D eigenvalue weighted by Crippen LogP contribution is -2.26. The lowest BCUT2D eigenvalue weighted by molar-refractivity contribution is 0.415. The minimum Gasteiger partial charge on any atom is -0.494 e. The molecule has 0 aliphatic carbocycles. The maximum Gasteiger partial charge on any atom is 0.223 e. The van der Waals surface area contributed by atoms with E-state index in [2.05, 4.69) is 30.8 Å². The summed E-state index contributed by atoms with van der Waals surface area (Å²) < 4.78 is 5.25. The first-order chi connectivity index (χ1) is 8.74. The molecule has 19 heavy (non-hydrogen) atoms. The first kappa shape index (κ1) is 14.8. The van der Waals surface area contributed by atoms with Gasteiger partial charge in [0.2, 0.25) is 5.96 Å². The molecule has 0 fully saturated rings. The molecule has 6 nitrogen and oxygen atoms in total. The van der Waals surface area contributed by atoms with Crippen molar-refractivity contribution in [1.29, 1.82) is 0 Å². The van der Waals surface area contributed by atoms with Gasteiger partial charge in [0, 0.05) is 0 Å². The van der Waals surface area contributed by atoms with E-state index in [1.54, 1.807) is 7.11 Å². The molecule has 0 saturated heterocycles. The summed E-state index contributed by atoms with van der Waals surface area (Å²) >= 11 is 0. The lowest BCUT2D eigenvalue weighted by atomic mass is 9.87. The van der Waals surface area contributed by atoms with E-state index in [1.807, 2.05) is 18.2 Å². The van der Waals surface area contributed by atoms with Crippen LogP contribution in [-0.2, 0) is 5.41 Å². The molecule has 0 heterocycles. The van der Waals surface area contributed by atoms with Crippen molar-refractivity contribution in [3.63, 3.8) is 0 Å². The zero-order valence-electron chi connectivity index (χ0n) is 11.8. The van der Waals surface area contributed by atoms with E-state index in [-0.39, 0.29) is 17.3 Å². The summed E-state index contributed by atoms with van der Waals surface area (Å²) in [6.07, 6.45) is 0. The number of hydrogen-bond donors (Lipinski definition) is 3. The molecule has 6 N–H and O–H groups in total. The largest absolute Gasteiger partial charge is 0.494 e. The van der Waals surface area contributed by atoms with Gasteiger partial charge in [0.1, 0.15) is 11.4 Å². The van der Waals surface area contributed by atoms with Gasteiger partial charge >= 0.3 is 0 Å². The molecule has 0 unspecified atom stereocenters. The van der Waals surface area contributed by atoms with Gasteiger partial charge in [0.25, 0.3) is 0 Å². The SMILES string of the molecule is COc1ccc(C(C)(C)C)cc1N=C(N)N=C(N)N. The molecule has 0 atom stereocenters. The van der Waals surface area contributed by atoms with Crippen LogP contribution in [-0.4, -0.2) is 19.0 Å². The second-order valence-corrected chi connectivity index (χ2v) is 5.14. The first-order valence-corrected chi connectivity index (χ1v) is 5.86. The van der Waals surface area contributed by atoms with Crippen LogP contribution in [0.1, 0.15) is 26.3 Å². The van der Waals surface area contributed by atoms with Crippen LogP contribution in [0.25, 0.3) is 0 Å². The summed E-state index contributed by atoms with van der Waals surface area (Å²) in [6, 6.07) is 5.75. The molecule has 0 aliphatic rings. The Kier molecular flexibility index (Phi) is 4.37. The summed E-state index contributed by atoms with van der Waals surface area (Å²) in [6.45, 7) is 6.34. The topological polar surface area (TPSA) is 112 Å². The predicted octanol–water partition coefficient (Wildman–Crippen LogP) is 1.21. The molecular formula is C13H21N5O. The van der Waals surface area contributed by atoms with Gasteiger partial charge in [-0.25, -0.2) is 4.99 Å². The Balaban J connectivity index is 3.28. The Morgan fingerprint density at radius 2 is 1.79 bits per heavy atom. The number of aliphatic imine (C=N–C) groups is 2. The van der Waals surface area contributed by atoms with E-state index in [1.165, 1.54) is 0 Å². The maximum absolute atomic E-state index is 5.64. The highest BCUT2D eigenvalue weighted by atomic mass is 16.5. The van der Waals surface area contributed by atoms with Gasteiger partial charge in [0.05, 0.1) is 7.11 Å². The molecule has 0 amide bonds. The molecule has 1 aromatic carbocycles. The molecule has 1 aromatic rings. The number of benzene rings is 1. The van der Waals surface area contributed by atoms with Crippen LogP contribution in [0.15, 0.2) is 28.2 Å². The Morgan fingerprint density at radius 3 is 2.26 bits per heavy atom. The maximum atomic E-state index is 5.64. The van der Waals surface area contributed by atoms with E-state index in [0.29, 0.717) is 11.4 Å². The van der Waals surface area contributed by atoms with Crippen molar-refractivity contribution in [2.45, 2.75) is 26.2 Å². The van der Waals surface area contributed by atoms with Crippen molar-refractivity contribution in [2.24, 2.45) is 27.2 Å². The highest BCUT2D eigenvalue weighted by Crippen LogP contribution is 2.33. The summed E-state index contributed by atoms with van der Waals surface area (Å²) in [4.78, 5) is 7.85. The fourth-order valence-corrected chi connectivity index (χ4v) is 1.52. The van der Waals surface area contributed by atoms with Gasteiger partial charge in [0.15, 0.2) is 5.96 Å². The molecule has 0 bridgehead atoms. The van der Waals surface area contributed by atoms with Crippen LogP contribution in [0.5, 0.6) is 5.75 Å². The molecule has 0 aliphatic heterocycles. The van der Waals surface area contributed by atoms with Crippen LogP contribution in [0.2, 0.25) is 0 Å². The van der Waals surface area contributed by atoms with Crippen molar-refractivity contribution in [2.75, 3.05) is 7.11 Å². The number of nitrogens with two attached hydrogens (primary N) is 3. The second kappa shape index (κ2) is 5.60. The van der Waals surface area contributed by atoms with Crippen LogP contribution in [0.4, 0.5) is 5.69 Å². The quantitative estimate of drug-likeness (QED) is 0.550. The second-order valence-electron chi connectivity index (χ2n) is 5.14. The fourth-order valence-electron chi connectivity index (χ4n) is 1.52. The molecule has 6 heteroatoms. The number of rotatable bonds is 2. The van der Waals surface area contributed by atoms with E-state index in [9.17, 15) is 0 Å². The molecule has 1 rings (SSSR count). The predicted molar refractivity (Wildman–Crippen MR) is 78.8 cm³/mol. The smallest absolute Gasteiger partial charge is 0.223 e. The minimum absolute atomic E-state index is 0.00145. The molecule has 0 saturated carbocycles. The Morgan fingerprint density at radius 1 is 1.16 bits per heavy atom. The zero-order valence-corrected chi connectivity index (χ0v) is 11.8. The zero-order chi connectivity index (χ0) is 14.6. The summed E-state index contributed by atoms with van der Waals surface area (Å²) in [5.74, 6) is 0.471. The molecule has 0 aromatic heterocycles. The standard InChI is InChI=1S/C13H21N5O/c1-13(2,3)8-5-6-10(19-4)9(7-8)17-12(16)18-11(14)15/h5-7H,1-4H3,(H6,14,15,16,17,18). The average Bonchev–Trinajstić information content (AvgIpc) is 2.26. The van der Waals surface area contributed by atoms with Crippen LogP contribution >= 0.6 is 0 Å². The Hall–Kier alpha value is -2.24. The van der Waals surface area contributed by atoms with Crippen molar-refractivity contribution in [3.05, 3.63) is 23.8 Å². The molecule has 0 radical (unpaired) electrons. The van der Waals surface area contributed by atoms with Crippen molar-refractivity contribution >= 4 is 17.6 Å².